The fourth-order valence-corrected chi connectivity index (χ4v) is 3.77. The molecular formula is C23H29N3O3. The molecular weight excluding hydrogens is 366 g/mol. The lowest BCUT2D eigenvalue weighted by molar-refractivity contribution is -0.123. The molecule has 2 amide bonds. The highest BCUT2D eigenvalue weighted by molar-refractivity contribution is 5.96. The number of piperidine rings is 1. The van der Waals surface area contributed by atoms with Crippen molar-refractivity contribution in [2.45, 2.75) is 39.7 Å². The lowest BCUT2D eigenvalue weighted by Gasteiger charge is -2.35. The third-order valence-corrected chi connectivity index (χ3v) is 5.72. The number of phenols is 1. The average molecular weight is 396 g/mol. The summed E-state index contributed by atoms with van der Waals surface area (Å²) >= 11 is 0. The van der Waals surface area contributed by atoms with Crippen LogP contribution in [-0.2, 0) is 9.59 Å². The maximum Gasteiger partial charge on any atom is 0.241 e. The van der Waals surface area contributed by atoms with E-state index in [0.29, 0.717) is 31.6 Å². The van der Waals surface area contributed by atoms with E-state index in [2.05, 4.69) is 15.5 Å². The summed E-state index contributed by atoms with van der Waals surface area (Å²) < 4.78 is 0. The maximum atomic E-state index is 12.8. The fraction of sp³-hybridized carbons (Fsp3) is 0.391. The van der Waals surface area contributed by atoms with Gasteiger partial charge in [0.1, 0.15) is 5.75 Å². The number of para-hydroxylation sites is 3. The standard InChI is InChI=1S/C23H29N3O3/c1-15-7-6-8-16(2)21(15)25-22(28)17(3)26-13-11-18(12-14-26)23(29)24-19-9-4-5-10-20(19)27/h4-10,17-18,27H,11-14H2,1-3H3,(H,24,29)(H,25,28)/t17-/m0/s1. The van der Waals surface area contributed by atoms with Gasteiger partial charge in [0, 0.05) is 11.6 Å². The van der Waals surface area contributed by atoms with Crippen LogP contribution in [-0.4, -0.2) is 41.0 Å². The van der Waals surface area contributed by atoms with Gasteiger partial charge in [0.05, 0.1) is 11.7 Å². The van der Waals surface area contributed by atoms with Crippen LogP contribution in [0.2, 0.25) is 0 Å². The number of benzene rings is 2. The van der Waals surface area contributed by atoms with Crippen LogP contribution in [0.1, 0.15) is 30.9 Å². The zero-order valence-corrected chi connectivity index (χ0v) is 17.2. The third kappa shape index (κ3) is 4.95. The molecule has 0 saturated carbocycles. The molecule has 3 N–H and O–H groups in total. The van der Waals surface area contributed by atoms with Crippen molar-refractivity contribution in [3.63, 3.8) is 0 Å². The molecule has 1 fully saturated rings. The molecule has 0 unspecified atom stereocenters. The number of carbonyl (C=O) groups is 2. The highest BCUT2D eigenvalue weighted by atomic mass is 16.3. The predicted molar refractivity (Wildman–Crippen MR) is 115 cm³/mol. The van der Waals surface area contributed by atoms with Crippen molar-refractivity contribution in [2.24, 2.45) is 5.92 Å². The molecule has 1 saturated heterocycles. The Morgan fingerprint density at radius 3 is 2.24 bits per heavy atom. The molecule has 0 spiro atoms. The topological polar surface area (TPSA) is 81.7 Å². The molecule has 1 aliphatic heterocycles. The van der Waals surface area contributed by atoms with Crippen LogP contribution in [0.15, 0.2) is 42.5 Å². The SMILES string of the molecule is Cc1cccc(C)c1NC(=O)[C@H](C)N1CCC(C(=O)Nc2ccccc2O)CC1. The Balaban J connectivity index is 1.54. The minimum Gasteiger partial charge on any atom is -0.506 e. The lowest BCUT2D eigenvalue weighted by atomic mass is 9.94. The Labute approximate surface area is 171 Å². The van der Waals surface area contributed by atoms with Crippen molar-refractivity contribution in [3.05, 3.63) is 53.6 Å². The number of rotatable bonds is 5. The van der Waals surface area contributed by atoms with Gasteiger partial charge in [-0.05, 0) is 70.0 Å². The summed E-state index contributed by atoms with van der Waals surface area (Å²) in [6, 6.07) is 12.4. The van der Waals surface area contributed by atoms with Crippen LogP contribution < -0.4 is 10.6 Å². The summed E-state index contributed by atoms with van der Waals surface area (Å²) in [5, 5.41) is 15.7. The van der Waals surface area contributed by atoms with Crippen LogP contribution >= 0.6 is 0 Å². The van der Waals surface area contributed by atoms with E-state index in [1.54, 1.807) is 24.3 Å². The van der Waals surface area contributed by atoms with Crippen LogP contribution in [0.5, 0.6) is 5.75 Å². The molecule has 3 rings (SSSR count). The quantitative estimate of drug-likeness (QED) is 0.675. The van der Waals surface area contributed by atoms with E-state index in [1.807, 2.05) is 39.0 Å². The Kier molecular flexibility index (Phi) is 6.54. The molecule has 0 radical (unpaired) electrons. The molecule has 1 aliphatic rings. The number of aryl methyl sites for hydroxylation is 2. The zero-order valence-electron chi connectivity index (χ0n) is 17.2. The van der Waals surface area contributed by atoms with Crippen molar-refractivity contribution >= 4 is 23.2 Å². The van der Waals surface area contributed by atoms with E-state index >= 15 is 0 Å². The second kappa shape index (κ2) is 9.09. The molecule has 1 heterocycles. The second-order valence-corrected chi connectivity index (χ2v) is 7.75. The van der Waals surface area contributed by atoms with E-state index in [9.17, 15) is 14.7 Å². The van der Waals surface area contributed by atoms with Crippen molar-refractivity contribution in [1.29, 1.82) is 0 Å². The Morgan fingerprint density at radius 2 is 1.62 bits per heavy atom. The molecule has 6 nitrogen and oxygen atoms in total. The number of likely N-dealkylation sites (tertiary alicyclic amines) is 1. The predicted octanol–water partition coefficient (Wildman–Crippen LogP) is 3.69. The van der Waals surface area contributed by atoms with Gasteiger partial charge in [0.2, 0.25) is 11.8 Å². The van der Waals surface area contributed by atoms with E-state index in [-0.39, 0.29) is 29.5 Å². The average Bonchev–Trinajstić information content (AvgIpc) is 2.72. The van der Waals surface area contributed by atoms with Crippen LogP contribution in [0.25, 0.3) is 0 Å². The van der Waals surface area contributed by atoms with Crippen molar-refractivity contribution in [2.75, 3.05) is 23.7 Å². The van der Waals surface area contributed by atoms with Gasteiger partial charge in [-0.3, -0.25) is 14.5 Å². The van der Waals surface area contributed by atoms with Gasteiger partial charge in [-0.15, -0.1) is 0 Å². The third-order valence-electron chi connectivity index (χ3n) is 5.72. The molecule has 1 atom stereocenters. The van der Waals surface area contributed by atoms with E-state index in [0.717, 1.165) is 16.8 Å². The zero-order chi connectivity index (χ0) is 21.0. The molecule has 29 heavy (non-hydrogen) atoms. The van der Waals surface area contributed by atoms with E-state index in [1.165, 1.54) is 0 Å². The maximum absolute atomic E-state index is 12.8. The van der Waals surface area contributed by atoms with Gasteiger partial charge in [0.25, 0.3) is 0 Å². The number of aromatic hydroxyl groups is 1. The van der Waals surface area contributed by atoms with Gasteiger partial charge < -0.3 is 15.7 Å². The summed E-state index contributed by atoms with van der Waals surface area (Å²) in [4.78, 5) is 27.4. The number of phenolic OH excluding ortho intramolecular Hbond substituents is 1. The molecule has 154 valence electrons. The first-order chi connectivity index (χ1) is 13.9. The number of hydrogen-bond acceptors (Lipinski definition) is 4. The molecule has 0 aliphatic carbocycles. The molecule has 0 aromatic heterocycles. The minimum atomic E-state index is -0.267. The Bertz CT molecular complexity index is 868. The molecule has 6 heteroatoms. The summed E-state index contributed by atoms with van der Waals surface area (Å²) in [6.07, 6.45) is 1.36. The highest BCUT2D eigenvalue weighted by Gasteiger charge is 2.30. The van der Waals surface area contributed by atoms with Crippen LogP contribution in [0, 0.1) is 19.8 Å². The first-order valence-electron chi connectivity index (χ1n) is 10.1. The van der Waals surface area contributed by atoms with Gasteiger partial charge in [-0.1, -0.05) is 30.3 Å². The van der Waals surface area contributed by atoms with Crippen LogP contribution in [0.4, 0.5) is 11.4 Å². The van der Waals surface area contributed by atoms with Gasteiger partial charge >= 0.3 is 0 Å². The number of nitrogens with zero attached hydrogens (tertiary/aromatic N) is 1. The van der Waals surface area contributed by atoms with Crippen molar-refractivity contribution in [1.82, 2.24) is 4.90 Å². The first kappa shape index (κ1) is 20.9. The number of carbonyl (C=O) groups excluding carboxylic acids is 2. The number of hydrogen-bond donors (Lipinski definition) is 3. The molecule has 2 aromatic rings. The van der Waals surface area contributed by atoms with Gasteiger partial charge in [0.15, 0.2) is 0 Å². The highest BCUT2D eigenvalue weighted by Crippen LogP contribution is 2.26. The summed E-state index contributed by atoms with van der Waals surface area (Å²) in [7, 11) is 0. The van der Waals surface area contributed by atoms with Gasteiger partial charge in [-0.2, -0.15) is 0 Å². The Morgan fingerprint density at radius 1 is 1.00 bits per heavy atom. The smallest absolute Gasteiger partial charge is 0.241 e. The molecule has 0 bridgehead atoms. The normalized spacial score (nSPS) is 16.2. The lowest BCUT2D eigenvalue weighted by Crippen LogP contribution is -2.47. The summed E-state index contributed by atoms with van der Waals surface area (Å²) in [5.74, 6) is -0.173. The number of amides is 2. The van der Waals surface area contributed by atoms with Crippen molar-refractivity contribution in [3.8, 4) is 5.75 Å². The fourth-order valence-electron chi connectivity index (χ4n) is 3.77. The summed E-state index contributed by atoms with van der Waals surface area (Å²) in [6.45, 7) is 7.25. The Hall–Kier alpha value is -2.86. The summed E-state index contributed by atoms with van der Waals surface area (Å²) in [5.41, 5.74) is 3.40. The number of nitrogens with one attached hydrogen (secondary N) is 2. The minimum absolute atomic E-state index is 0.0282. The van der Waals surface area contributed by atoms with Crippen molar-refractivity contribution < 1.29 is 14.7 Å². The van der Waals surface area contributed by atoms with E-state index in [4.69, 9.17) is 0 Å². The number of anilines is 2. The second-order valence-electron chi connectivity index (χ2n) is 7.75. The van der Waals surface area contributed by atoms with E-state index < -0.39 is 0 Å². The monoisotopic (exact) mass is 395 g/mol. The van der Waals surface area contributed by atoms with Crippen LogP contribution in [0.3, 0.4) is 0 Å². The van der Waals surface area contributed by atoms with Gasteiger partial charge in [-0.25, -0.2) is 0 Å². The first-order valence-corrected chi connectivity index (χ1v) is 10.1. The molecule has 2 aromatic carbocycles. The largest absolute Gasteiger partial charge is 0.506 e.